The van der Waals surface area contributed by atoms with Crippen LogP contribution in [0.25, 0.3) is 22.2 Å². The van der Waals surface area contributed by atoms with Gasteiger partial charge in [0.15, 0.2) is 5.43 Å². The molecule has 1 heterocycles. The lowest BCUT2D eigenvalue weighted by Crippen LogP contribution is -2.05. The number of allylic oxidation sites excluding steroid dienone is 2. The highest BCUT2D eigenvalue weighted by Crippen LogP contribution is 2.33. The molecule has 0 amide bonds. The third-order valence-corrected chi connectivity index (χ3v) is 4.29. The van der Waals surface area contributed by atoms with Crippen LogP contribution in [0, 0.1) is 0 Å². The van der Waals surface area contributed by atoms with Gasteiger partial charge in [0.25, 0.3) is 0 Å². The van der Waals surface area contributed by atoms with E-state index in [1.165, 1.54) is 12.1 Å². The van der Waals surface area contributed by atoms with Crippen LogP contribution in [0.1, 0.15) is 19.4 Å². The SMILES string of the molecule is COc1ccc(-c2cc(=O)c3c(O)cc(O)c(CC=C(C)C)c3[nH]2)cc1. The molecule has 2 aromatic carbocycles. The molecular formula is C21H21NO4. The predicted octanol–water partition coefficient (Wildman–Crippen LogP) is 4.12. The zero-order chi connectivity index (χ0) is 18.8. The van der Waals surface area contributed by atoms with Gasteiger partial charge in [-0.15, -0.1) is 0 Å². The summed E-state index contributed by atoms with van der Waals surface area (Å²) in [4.78, 5) is 15.8. The second kappa shape index (κ2) is 6.96. The van der Waals surface area contributed by atoms with E-state index in [0.717, 1.165) is 16.9 Å². The molecule has 26 heavy (non-hydrogen) atoms. The van der Waals surface area contributed by atoms with Crippen LogP contribution in [0.5, 0.6) is 17.2 Å². The predicted molar refractivity (Wildman–Crippen MR) is 103 cm³/mol. The number of hydrogen-bond acceptors (Lipinski definition) is 4. The molecular weight excluding hydrogens is 330 g/mol. The van der Waals surface area contributed by atoms with Crippen molar-refractivity contribution >= 4 is 10.9 Å². The zero-order valence-electron chi connectivity index (χ0n) is 15.0. The minimum atomic E-state index is -0.305. The van der Waals surface area contributed by atoms with Crippen LogP contribution in [-0.4, -0.2) is 22.3 Å². The maximum absolute atomic E-state index is 12.6. The second-order valence-electron chi connectivity index (χ2n) is 6.40. The minimum Gasteiger partial charge on any atom is -0.507 e. The lowest BCUT2D eigenvalue weighted by atomic mass is 10.0. The summed E-state index contributed by atoms with van der Waals surface area (Å²) in [5, 5.41) is 20.6. The van der Waals surface area contributed by atoms with E-state index in [0.29, 0.717) is 23.2 Å². The van der Waals surface area contributed by atoms with Crippen LogP contribution in [0.4, 0.5) is 0 Å². The number of H-pyrrole nitrogens is 1. The van der Waals surface area contributed by atoms with Crippen molar-refractivity contribution in [3.05, 3.63) is 63.8 Å². The van der Waals surface area contributed by atoms with Crippen LogP contribution < -0.4 is 10.2 Å². The van der Waals surface area contributed by atoms with Crippen LogP contribution in [-0.2, 0) is 6.42 Å². The monoisotopic (exact) mass is 351 g/mol. The number of phenolic OH excluding ortho intramolecular Hbond substituents is 2. The van der Waals surface area contributed by atoms with Crippen molar-refractivity contribution in [2.45, 2.75) is 20.3 Å². The van der Waals surface area contributed by atoms with Gasteiger partial charge in [0.2, 0.25) is 0 Å². The molecule has 0 bridgehead atoms. The highest BCUT2D eigenvalue weighted by atomic mass is 16.5. The standard InChI is InChI=1S/C21H21NO4/c1-12(2)4-9-15-17(23)11-19(25)20-18(24)10-16(22-21(15)20)13-5-7-14(26-3)8-6-13/h4-8,10-11,23,25H,9H2,1-3H3,(H,22,24). The van der Waals surface area contributed by atoms with E-state index in [4.69, 9.17) is 4.74 Å². The highest BCUT2D eigenvalue weighted by molar-refractivity contribution is 5.91. The number of aromatic amines is 1. The Labute approximate surface area is 151 Å². The molecule has 0 fully saturated rings. The van der Waals surface area contributed by atoms with Crippen molar-refractivity contribution in [3.63, 3.8) is 0 Å². The number of benzene rings is 2. The van der Waals surface area contributed by atoms with Crippen molar-refractivity contribution in [1.82, 2.24) is 4.98 Å². The number of ether oxygens (including phenoxy) is 1. The van der Waals surface area contributed by atoms with E-state index >= 15 is 0 Å². The zero-order valence-corrected chi connectivity index (χ0v) is 15.0. The summed E-state index contributed by atoms with van der Waals surface area (Å²) >= 11 is 0. The maximum Gasteiger partial charge on any atom is 0.193 e. The molecule has 3 N–H and O–H groups in total. The summed E-state index contributed by atoms with van der Waals surface area (Å²) in [6.07, 6.45) is 2.41. The van der Waals surface area contributed by atoms with E-state index in [2.05, 4.69) is 4.98 Å². The fraction of sp³-hybridized carbons (Fsp3) is 0.190. The number of phenols is 2. The molecule has 0 aliphatic heterocycles. The Morgan fingerprint density at radius 1 is 1.12 bits per heavy atom. The number of methoxy groups -OCH3 is 1. The normalized spacial score (nSPS) is 10.7. The summed E-state index contributed by atoms with van der Waals surface area (Å²) in [5.41, 5.74) is 3.22. The molecule has 0 radical (unpaired) electrons. The Bertz CT molecular complexity index is 1040. The van der Waals surface area contributed by atoms with Crippen LogP contribution >= 0.6 is 0 Å². The topological polar surface area (TPSA) is 82.6 Å². The molecule has 0 saturated carbocycles. The average molecular weight is 351 g/mol. The minimum absolute atomic E-state index is 0.0463. The number of hydrogen-bond donors (Lipinski definition) is 3. The first kappa shape index (κ1) is 17.6. The van der Waals surface area contributed by atoms with Gasteiger partial charge in [0, 0.05) is 23.4 Å². The molecule has 1 aromatic heterocycles. The summed E-state index contributed by atoms with van der Waals surface area (Å²) in [5.74, 6) is 0.437. The summed E-state index contributed by atoms with van der Waals surface area (Å²) in [7, 11) is 1.59. The van der Waals surface area contributed by atoms with E-state index in [9.17, 15) is 15.0 Å². The molecule has 0 spiro atoms. The van der Waals surface area contributed by atoms with Gasteiger partial charge in [0.1, 0.15) is 17.2 Å². The van der Waals surface area contributed by atoms with E-state index in [-0.39, 0.29) is 22.3 Å². The van der Waals surface area contributed by atoms with Crippen molar-refractivity contribution in [2.75, 3.05) is 7.11 Å². The molecule has 0 aliphatic carbocycles. The molecule has 0 saturated heterocycles. The average Bonchev–Trinajstić information content (AvgIpc) is 2.60. The number of rotatable bonds is 4. The Balaban J connectivity index is 2.26. The summed E-state index contributed by atoms with van der Waals surface area (Å²) in [6.45, 7) is 3.93. The Morgan fingerprint density at radius 2 is 1.81 bits per heavy atom. The van der Waals surface area contributed by atoms with Gasteiger partial charge < -0.3 is 19.9 Å². The first-order valence-corrected chi connectivity index (χ1v) is 8.29. The molecule has 5 heteroatoms. The van der Waals surface area contributed by atoms with Gasteiger partial charge in [-0.25, -0.2) is 0 Å². The first-order chi connectivity index (χ1) is 12.4. The lowest BCUT2D eigenvalue weighted by Gasteiger charge is -2.12. The molecule has 0 aliphatic rings. The number of pyridine rings is 1. The smallest absolute Gasteiger partial charge is 0.193 e. The lowest BCUT2D eigenvalue weighted by molar-refractivity contribution is 0.415. The van der Waals surface area contributed by atoms with Crippen molar-refractivity contribution in [2.24, 2.45) is 0 Å². The van der Waals surface area contributed by atoms with Gasteiger partial charge in [-0.1, -0.05) is 11.6 Å². The van der Waals surface area contributed by atoms with Gasteiger partial charge in [-0.3, -0.25) is 4.79 Å². The largest absolute Gasteiger partial charge is 0.507 e. The number of nitrogens with one attached hydrogen (secondary N) is 1. The number of aromatic hydroxyl groups is 2. The van der Waals surface area contributed by atoms with Gasteiger partial charge >= 0.3 is 0 Å². The van der Waals surface area contributed by atoms with Gasteiger partial charge in [-0.2, -0.15) is 0 Å². The van der Waals surface area contributed by atoms with E-state index in [1.807, 2.05) is 44.2 Å². The van der Waals surface area contributed by atoms with Crippen LogP contribution in [0.15, 0.2) is 52.8 Å². The molecule has 3 aromatic rings. The van der Waals surface area contributed by atoms with Crippen molar-refractivity contribution < 1.29 is 14.9 Å². The highest BCUT2D eigenvalue weighted by Gasteiger charge is 2.15. The third kappa shape index (κ3) is 3.28. The third-order valence-electron chi connectivity index (χ3n) is 4.29. The quantitative estimate of drug-likeness (QED) is 0.618. The Morgan fingerprint density at radius 3 is 2.42 bits per heavy atom. The van der Waals surface area contributed by atoms with E-state index < -0.39 is 0 Å². The molecule has 0 atom stereocenters. The molecule has 134 valence electrons. The summed E-state index contributed by atoms with van der Waals surface area (Å²) < 4.78 is 5.16. The van der Waals surface area contributed by atoms with Crippen LogP contribution in [0.2, 0.25) is 0 Å². The fourth-order valence-electron chi connectivity index (χ4n) is 2.90. The second-order valence-corrected chi connectivity index (χ2v) is 6.40. The van der Waals surface area contributed by atoms with Crippen molar-refractivity contribution in [1.29, 1.82) is 0 Å². The first-order valence-electron chi connectivity index (χ1n) is 8.29. The van der Waals surface area contributed by atoms with E-state index in [1.54, 1.807) is 7.11 Å². The Kier molecular flexibility index (Phi) is 4.71. The van der Waals surface area contributed by atoms with Crippen LogP contribution in [0.3, 0.4) is 0 Å². The van der Waals surface area contributed by atoms with Gasteiger partial charge in [0.05, 0.1) is 18.0 Å². The fourth-order valence-corrected chi connectivity index (χ4v) is 2.90. The van der Waals surface area contributed by atoms with Gasteiger partial charge in [-0.05, 0) is 50.1 Å². The molecule has 3 rings (SSSR count). The molecule has 0 unspecified atom stereocenters. The molecule has 5 nitrogen and oxygen atoms in total. The van der Waals surface area contributed by atoms with Crippen molar-refractivity contribution in [3.8, 4) is 28.5 Å². The maximum atomic E-state index is 12.6. The number of fused-ring (bicyclic) bond motifs is 1. The Hall–Kier alpha value is -3.21. The summed E-state index contributed by atoms with van der Waals surface area (Å²) in [6, 6.07) is 9.97. The number of aromatic nitrogens is 1.